The average molecular weight is 349 g/mol. The summed E-state index contributed by atoms with van der Waals surface area (Å²) in [6, 6.07) is 3.71. The molecule has 25 heavy (non-hydrogen) atoms. The van der Waals surface area contributed by atoms with E-state index in [9.17, 15) is 13.2 Å². The Labute approximate surface area is 143 Å². The maximum atomic E-state index is 12.8. The number of anilines is 1. The van der Waals surface area contributed by atoms with E-state index in [1.807, 2.05) is 17.2 Å². The van der Waals surface area contributed by atoms with E-state index in [0.29, 0.717) is 31.0 Å². The zero-order chi connectivity index (χ0) is 17.6. The van der Waals surface area contributed by atoms with Crippen LogP contribution in [-0.4, -0.2) is 45.0 Å². The van der Waals surface area contributed by atoms with Crippen LogP contribution in [0.15, 0.2) is 30.9 Å². The number of halogens is 3. The first-order chi connectivity index (χ1) is 11.9. The third kappa shape index (κ3) is 3.06. The first-order valence-corrected chi connectivity index (χ1v) is 8.21. The summed E-state index contributed by atoms with van der Waals surface area (Å²) >= 11 is 0. The van der Waals surface area contributed by atoms with Crippen molar-refractivity contribution in [2.45, 2.75) is 38.1 Å². The van der Waals surface area contributed by atoms with E-state index in [2.05, 4.69) is 26.8 Å². The molecular weight excluding hydrogens is 331 g/mol. The third-order valence-corrected chi connectivity index (χ3v) is 5.11. The zero-order valence-electron chi connectivity index (χ0n) is 13.7. The molecule has 0 saturated carbocycles. The zero-order valence-corrected chi connectivity index (χ0v) is 13.7. The van der Waals surface area contributed by atoms with Crippen molar-refractivity contribution in [3.63, 3.8) is 0 Å². The summed E-state index contributed by atoms with van der Waals surface area (Å²) in [6.45, 7) is 4.27. The van der Waals surface area contributed by atoms with Crippen molar-refractivity contribution in [1.82, 2.24) is 19.9 Å². The van der Waals surface area contributed by atoms with Crippen LogP contribution in [0.1, 0.15) is 23.2 Å². The molecule has 132 valence electrons. The minimum Gasteiger partial charge on any atom is -0.353 e. The fraction of sp³-hybridized carbons (Fsp3) is 0.471. The highest BCUT2D eigenvalue weighted by atomic mass is 19.4. The summed E-state index contributed by atoms with van der Waals surface area (Å²) in [4.78, 5) is 15.9. The smallest absolute Gasteiger partial charge is 0.353 e. The highest BCUT2D eigenvalue weighted by molar-refractivity contribution is 5.42. The number of piperidine rings is 1. The van der Waals surface area contributed by atoms with Crippen LogP contribution in [0.2, 0.25) is 0 Å². The van der Waals surface area contributed by atoms with Crippen molar-refractivity contribution in [2.24, 2.45) is 0 Å². The molecule has 0 N–H and O–H groups in total. The second-order valence-corrected chi connectivity index (χ2v) is 6.68. The molecular formula is C17H18F3N5. The summed E-state index contributed by atoms with van der Waals surface area (Å²) in [7, 11) is 0. The van der Waals surface area contributed by atoms with Crippen LogP contribution in [0.25, 0.3) is 0 Å². The van der Waals surface area contributed by atoms with Gasteiger partial charge in [0.1, 0.15) is 17.8 Å². The molecule has 8 heteroatoms. The Morgan fingerprint density at radius 2 is 1.96 bits per heavy atom. The Morgan fingerprint density at radius 1 is 1.20 bits per heavy atom. The van der Waals surface area contributed by atoms with Gasteiger partial charge in [-0.25, -0.2) is 9.97 Å². The minimum atomic E-state index is -4.44. The van der Waals surface area contributed by atoms with Crippen LogP contribution in [0.5, 0.6) is 0 Å². The second kappa shape index (κ2) is 5.94. The maximum Gasteiger partial charge on any atom is 0.433 e. The molecule has 3 aliphatic heterocycles. The van der Waals surface area contributed by atoms with E-state index >= 15 is 0 Å². The third-order valence-electron chi connectivity index (χ3n) is 5.11. The standard InChI is InChI=1S/C17H18F3N5/c1-11-2-3-21-6-12(11)7-25-13-4-14(25)9-24(8-13)16-5-15(17(18,19)20)22-10-23-16/h2-3,5-6,10,13-14H,4,7-9H2,1H3. The summed E-state index contributed by atoms with van der Waals surface area (Å²) in [5.74, 6) is 0.356. The maximum absolute atomic E-state index is 12.8. The van der Waals surface area contributed by atoms with Gasteiger partial charge < -0.3 is 4.90 Å². The second-order valence-electron chi connectivity index (χ2n) is 6.68. The lowest BCUT2D eigenvalue weighted by atomic mass is 9.86. The van der Waals surface area contributed by atoms with Gasteiger partial charge in [-0.05, 0) is 30.5 Å². The Morgan fingerprint density at radius 3 is 2.64 bits per heavy atom. The molecule has 3 saturated heterocycles. The summed E-state index contributed by atoms with van der Waals surface area (Å²) in [5.41, 5.74) is 1.52. The van der Waals surface area contributed by atoms with Crippen molar-refractivity contribution in [1.29, 1.82) is 0 Å². The first kappa shape index (κ1) is 16.3. The molecule has 5 nitrogen and oxygen atoms in total. The Kier molecular flexibility index (Phi) is 3.87. The van der Waals surface area contributed by atoms with Crippen LogP contribution in [0, 0.1) is 6.92 Å². The Hall–Kier alpha value is -2.22. The molecule has 5 rings (SSSR count). The first-order valence-electron chi connectivity index (χ1n) is 8.21. The summed E-state index contributed by atoms with van der Waals surface area (Å²) in [5, 5.41) is 0. The van der Waals surface area contributed by atoms with Crippen LogP contribution < -0.4 is 4.90 Å². The normalized spacial score (nSPS) is 23.4. The van der Waals surface area contributed by atoms with E-state index in [4.69, 9.17) is 0 Å². The van der Waals surface area contributed by atoms with Crippen molar-refractivity contribution in [3.05, 3.63) is 47.7 Å². The number of hydrogen-bond donors (Lipinski definition) is 0. The number of hydrogen-bond acceptors (Lipinski definition) is 5. The van der Waals surface area contributed by atoms with E-state index < -0.39 is 11.9 Å². The largest absolute Gasteiger partial charge is 0.433 e. The molecule has 2 bridgehead atoms. The summed E-state index contributed by atoms with van der Waals surface area (Å²) in [6.07, 6.45) is 1.30. The number of nitrogens with zero attached hydrogens (tertiary/aromatic N) is 5. The number of fused-ring (bicyclic) bond motifs is 2. The summed E-state index contributed by atoms with van der Waals surface area (Å²) < 4.78 is 38.5. The fourth-order valence-corrected chi connectivity index (χ4v) is 3.67. The topological polar surface area (TPSA) is 45.2 Å². The number of alkyl halides is 3. The molecule has 5 heterocycles. The lowest BCUT2D eigenvalue weighted by Gasteiger charge is -2.56. The molecule has 0 aromatic carbocycles. The predicted molar refractivity (Wildman–Crippen MR) is 86.0 cm³/mol. The van der Waals surface area contributed by atoms with E-state index in [1.165, 1.54) is 11.1 Å². The van der Waals surface area contributed by atoms with Crippen LogP contribution in [0.3, 0.4) is 0 Å². The van der Waals surface area contributed by atoms with Gasteiger partial charge in [-0.2, -0.15) is 13.2 Å². The quantitative estimate of drug-likeness (QED) is 0.853. The Balaban J connectivity index is 1.46. The molecule has 3 fully saturated rings. The molecule has 2 atom stereocenters. The number of aryl methyl sites for hydroxylation is 1. The highest BCUT2D eigenvalue weighted by Gasteiger charge is 2.45. The van der Waals surface area contributed by atoms with Gasteiger partial charge in [0.15, 0.2) is 0 Å². The molecule has 0 radical (unpaired) electrons. The van der Waals surface area contributed by atoms with Gasteiger partial charge in [0.05, 0.1) is 0 Å². The molecule has 0 aliphatic carbocycles. The SMILES string of the molecule is Cc1ccncc1CN1C2CC1CN(c1cc(C(F)(F)F)ncn1)C2. The van der Waals surface area contributed by atoms with Gasteiger partial charge in [-0.1, -0.05) is 0 Å². The monoisotopic (exact) mass is 349 g/mol. The minimum absolute atomic E-state index is 0.336. The molecule has 2 aromatic heterocycles. The molecule has 0 spiro atoms. The van der Waals surface area contributed by atoms with Gasteiger partial charge >= 0.3 is 6.18 Å². The van der Waals surface area contributed by atoms with E-state index in [-0.39, 0.29) is 0 Å². The number of pyridine rings is 1. The van der Waals surface area contributed by atoms with Gasteiger partial charge in [-0.15, -0.1) is 0 Å². The van der Waals surface area contributed by atoms with E-state index in [1.54, 1.807) is 6.20 Å². The van der Waals surface area contributed by atoms with Crippen LogP contribution >= 0.6 is 0 Å². The predicted octanol–water partition coefficient (Wildman–Crippen LogP) is 2.66. The number of aromatic nitrogens is 3. The van der Waals surface area contributed by atoms with Crippen molar-refractivity contribution in [3.8, 4) is 0 Å². The van der Waals surface area contributed by atoms with Crippen LogP contribution in [0.4, 0.5) is 19.0 Å². The van der Waals surface area contributed by atoms with Crippen molar-refractivity contribution >= 4 is 5.82 Å². The highest BCUT2D eigenvalue weighted by Crippen LogP contribution is 2.36. The molecule has 2 aromatic rings. The Bertz CT molecular complexity index is 767. The van der Waals surface area contributed by atoms with Crippen molar-refractivity contribution in [2.75, 3.05) is 18.0 Å². The molecule has 0 amide bonds. The van der Waals surface area contributed by atoms with Gasteiger partial charge in [0.25, 0.3) is 0 Å². The average Bonchev–Trinajstić information content (AvgIpc) is 2.60. The number of rotatable bonds is 3. The van der Waals surface area contributed by atoms with Gasteiger partial charge in [0.2, 0.25) is 0 Å². The number of piperazine rings is 1. The lowest BCUT2D eigenvalue weighted by Crippen LogP contribution is -2.68. The van der Waals surface area contributed by atoms with Crippen molar-refractivity contribution < 1.29 is 13.2 Å². The fourth-order valence-electron chi connectivity index (χ4n) is 3.67. The van der Waals surface area contributed by atoms with E-state index in [0.717, 1.165) is 25.4 Å². The molecule has 3 aliphatic rings. The van der Waals surface area contributed by atoms with Gasteiger partial charge in [0, 0.05) is 50.2 Å². The van der Waals surface area contributed by atoms with Crippen LogP contribution in [-0.2, 0) is 12.7 Å². The lowest BCUT2D eigenvalue weighted by molar-refractivity contribution is -0.141. The molecule has 2 unspecified atom stereocenters. The van der Waals surface area contributed by atoms with Gasteiger partial charge in [-0.3, -0.25) is 9.88 Å².